The first-order valence-electron chi connectivity index (χ1n) is 5.82. The molecule has 1 aromatic rings. The molecule has 0 radical (unpaired) electrons. The number of carbonyl (C=O) groups excluding carboxylic acids is 1. The summed E-state index contributed by atoms with van der Waals surface area (Å²) in [5.74, 6) is -0.121. The number of hydrogen-bond acceptors (Lipinski definition) is 5. The zero-order chi connectivity index (χ0) is 14.0. The standard InChI is InChI=1S/C12H14N2O5/c1-19-11-6-8(14(17)18)2-3-10(11)12(16)13-5-4-9(15)7-13/h2-3,6,9,15H,4-5,7H2,1H3/t9-/m0/s1. The molecule has 1 aliphatic heterocycles. The first-order valence-corrected chi connectivity index (χ1v) is 5.82. The molecule has 1 amide bonds. The monoisotopic (exact) mass is 266 g/mol. The highest BCUT2D eigenvalue weighted by atomic mass is 16.6. The Balaban J connectivity index is 2.29. The summed E-state index contributed by atoms with van der Waals surface area (Å²) in [5, 5.41) is 20.1. The van der Waals surface area contributed by atoms with Crippen LogP contribution >= 0.6 is 0 Å². The van der Waals surface area contributed by atoms with Crippen LogP contribution in [-0.2, 0) is 0 Å². The Morgan fingerprint density at radius 1 is 1.58 bits per heavy atom. The topological polar surface area (TPSA) is 92.9 Å². The molecule has 0 aliphatic carbocycles. The van der Waals surface area contributed by atoms with Crippen LogP contribution in [0.2, 0.25) is 0 Å². The number of nitro groups is 1. The molecule has 19 heavy (non-hydrogen) atoms. The van der Waals surface area contributed by atoms with Crippen LogP contribution in [0.1, 0.15) is 16.8 Å². The highest BCUT2D eigenvalue weighted by Crippen LogP contribution is 2.26. The van der Waals surface area contributed by atoms with Gasteiger partial charge in [0.1, 0.15) is 5.75 Å². The average Bonchev–Trinajstić information content (AvgIpc) is 2.83. The van der Waals surface area contributed by atoms with E-state index in [4.69, 9.17) is 4.74 Å². The van der Waals surface area contributed by atoms with E-state index in [9.17, 15) is 20.0 Å². The van der Waals surface area contributed by atoms with Gasteiger partial charge in [0.2, 0.25) is 0 Å². The maximum absolute atomic E-state index is 12.2. The summed E-state index contributed by atoms with van der Waals surface area (Å²) in [6.07, 6.45) is 0.0362. The number of likely N-dealkylation sites (tertiary alicyclic amines) is 1. The van der Waals surface area contributed by atoms with E-state index in [2.05, 4.69) is 0 Å². The van der Waals surface area contributed by atoms with Crippen LogP contribution in [0, 0.1) is 10.1 Å². The smallest absolute Gasteiger partial charge is 0.273 e. The van der Waals surface area contributed by atoms with Crippen LogP contribution in [-0.4, -0.2) is 47.1 Å². The van der Waals surface area contributed by atoms with Crippen molar-refractivity contribution < 1.29 is 19.6 Å². The molecule has 0 bridgehead atoms. The van der Waals surface area contributed by atoms with E-state index in [1.165, 1.54) is 30.2 Å². The van der Waals surface area contributed by atoms with Crippen molar-refractivity contribution >= 4 is 11.6 Å². The number of methoxy groups -OCH3 is 1. The fraction of sp³-hybridized carbons (Fsp3) is 0.417. The van der Waals surface area contributed by atoms with Gasteiger partial charge in [0.25, 0.3) is 11.6 Å². The van der Waals surface area contributed by atoms with Crippen molar-refractivity contribution in [2.45, 2.75) is 12.5 Å². The molecule has 1 fully saturated rings. The molecule has 1 heterocycles. The number of nitrogens with zero attached hydrogens (tertiary/aromatic N) is 2. The lowest BCUT2D eigenvalue weighted by Crippen LogP contribution is -2.29. The van der Waals surface area contributed by atoms with Crippen molar-refractivity contribution in [3.63, 3.8) is 0 Å². The molecule has 0 aromatic heterocycles. The molecule has 1 saturated heterocycles. The second-order valence-corrected chi connectivity index (χ2v) is 4.34. The minimum Gasteiger partial charge on any atom is -0.496 e. The normalized spacial score (nSPS) is 18.4. The first-order chi connectivity index (χ1) is 9.02. The van der Waals surface area contributed by atoms with Gasteiger partial charge in [0, 0.05) is 19.2 Å². The van der Waals surface area contributed by atoms with Gasteiger partial charge in [-0.2, -0.15) is 0 Å². The molecule has 7 nitrogen and oxygen atoms in total. The number of nitro benzene ring substituents is 1. The molecular weight excluding hydrogens is 252 g/mol. The summed E-state index contributed by atoms with van der Waals surface area (Å²) in [4.78, 5) is 23.9. The number of benzene rings is 1. The second kappa shape index (κ2) is 5.23. The number of rotatable bonds is 3. The van der Waals surface area contributed by atoms with Crippen molar-refractivity contribution in [3.8, 4) is 5.75 Å². The lowest BCUT2D eigenvalue weighted by molar-refractivity contribution is -0.384. The summed E-state index contributed by atoms with van der Waals surface area (Å²) >= 11 is 0. The van der Waals surface area contributed by atoms with Gasteiger partial charge in [-0.05, 0) is 12.5 Å². The van der Waals surface area contributed by atoms with Crippen LogP contribution in [0.4, 0.5) is 5.69 Å². The van der Waals surface area contributed by atoms with Gasteiger partial charge in [0.15, 0.2) is 0 Å². The maximum atomic E-state index is 12.2. The molecule has 1 aliphatic rings. The van der Waals surface area contributed by atoms with E-state index in [0.29, 0.717) is 13.0 Å². The number of β-amino-alcohol motifs (C(OH)–C–C–N with tert-alkyl or cyclic N) is 1. The van der Waals surface area contributed by atoms with Crippen molar-refractivity contribution in [3.05, 3.63) is 33.9 Å². The van der Waals surface area contributed by atoms with Gasteiger partial charge in [-0.1, -0.05) is 0 Å². The molecular formula is C12H14N2O5. The minimum absolute atomic E-state index is 0.130. The van der Waals surface area contributed by atoms with E-state index in [-0.39, 0.29) is 29.5 Å². The number of carbonyl (C=O) groups is 1. The van der Waals surface area contributed by atoms with Crippen LogP contribution in [0.25, 0.3) is 0 Å². The van der Waals surface area contributed by atoms with Crippen molar-refractivity contribution in [1.82, 2.24) is 4.90 Å². The molecule has 1 atom stereocenters. The number of aliphatic hydroxyl groups is 1. The van der Waals surface area contributed by atoms with Crippen molar-refractivity contribution in [2.75, 3.05) is 20.2 Å². The van der Waals surface area contributed by atoms with Gasteiger partial charge in [-0.3, -0.25) is 14.9 Å². The summed E-state index contributed by atoms with van der Waals surface area (Å²) in [6.45, 7) is 0.749. The summed E-state index contributed by atoms with van der Waals surface area (Å²) in [5.41, 5.74) is 0.136. The predicted molar refractivity (Wildman–Crippen MR) is 66.2 cm³/mol. The van der Waals surface area contributed by atoms with Crippen LogP contribution < -0.4 is 4.74 Å². The average molecular weight is 266 g/mol. The highest BCUT2D eigenvalue weighted by molar-refractivity contribution is 5.97. The molecule has 0 unspecified atom stereocenters. The van der Waals surface area contributed by atoms with Crippen LogP contribution in [0.3, 0.4) is 0 Å². The quantitative estimate of drug-likeness (QED) is 0.645. The van der Waals surface area contributed by atoms with Gasteiger partial charge in [0.05, 0.1) is 29.8 Å². The number of ether oxygens (including phenoxy) is 1. The summed E-state index contributed by atoms with van der Waals surface area (Å²) in [6, 6.07) is 3.87. The lowest BCUT2D eigenvalue weighted by Gasteiger charge is -2.17. The fourth-order valence-corrected chi connectivity index (χ4v) is 2.07. The number of hydrogen-bond donors (Lipinski definition) is 1. The van der Waals surface area contributed by atoms with Gasteiger partial charge >= 0.3 is 0 Å². The number of non-ortho nitro benzene ring substituents is 1. The van der Waals surface area contributed by atoms with Crippen LogP contribution in [0.5, 0.6) is 5.75 Å². The van der Waals surface area contributed by atoms with E-state index >= 15 is 0 Å². The third-order valence-corrected chi connectivity index (χ3v) is 3.08. The van der Waals surface area contributed by atoms with Gasteiger partial charge in [-0.15, -0.1) is 0 Å². The zero-order valence-electron chi connectivity index (χ0n) is 10.4. The Morgan fingerprint density at radius 3 is 2.84 bits per heavy atom. The molecule has 1 aromatic carbocycles. The van der Waals surface area contributed by atoms with E-state index in [1.54, 1.807) is 0 Å². The third kappa shape index (κ3) is 2.65. The van der Waals surface area contributed by atoms with Gasteiger partial charge < -0.3 is 14.7 Å². The molecule has 1 N–H and O–H groups in total. The molecule has 102 valence electrons. The highest BCUT2D eigenvalue weighted by Gasteiger charge is 2.27. The molecule has 2 rings (SSSR count). The predicted octanol–water partition coefficient (Wildman–Crippen LogP) is 0.810. The summed E-state index contributed by atoms with van der Waals surface area (Å²) < 4.78 is 5.03. The molecule has 7 heteroatoms. The zero-order valence-corrected chi connectivity index (χ0v) is 10.4. The maximum Gasteiger partial charge on any atom is 0.273 e. The van der Waals surface area contributed by atoms with E-state index < -0.39 is 11.0 Å². The van der Waals surface area contributed by atoms with Gasteiger partial charge in [-0.25, -0.2) is 0 Å². The van der Waals surface area contributed by atoms with E-state index in [0.717, 1.165) is 0 Å². The first kappa shape index (κ1) is 13.3. The number of aliphatic hydroxyl groups excluding tert-OH is 1. The minimum atomic E-state index is -0.545. The largest absolute Gasteiger partial charge is 0.496 e. The Labute approximate surface area is 109 Å². The van der Waals surface area contributed by atoms with Crippen molar-refractivity contribution in [2.24, 2.45) is 0 Å². The molecule has 0 saturated carbocycles. The Hall–Kier alpha value is -2.15. The Bertz CT molecular complexity index is 517. The Kier molecular flexibility index (Phi) is 3.66. The summed E-state index contributed by atoms with van der Waals surface area (Å²) in [7, 11) is 1.36. The number of amides is 1. The molecule has 0 spiro atoms. The Morgan fingerprint density at radius 2 is 2.32 bits per heavy atom. The lowest BCUT2D eigenvalue weighted by atomic mass is 10.1. The van der Waals surface area contributed by atoms with Crippen molar-refractivity contribution in [1.29, 1.82) is 0 Å². The van der Waals surface area contributed by atoms with E-state index in [1.807, 2.05) is 0 Å². The fourth-order valence-electron chi connectivity index (χ4n) is 2.07. The SMILES string of the molecule is COc1cc([N+](=O)[O-])ccc1C(=O)N1CC[C@H](O)C1. The van der Waals surface area contributed by atoms with Crippen LogP contribution in [0.15, 0.2) is 18.2 Å². The second-order valence-electron chi connectivity index (χ2n) is 4.34. The third-order valence-electron chi connectivity index (χ3n) is 3.08.